The van der Waals surface area contributed by atoms with Crippen molar-refractivity contribution in [2.75, 3.05) is 16.8 Å². The molecule has 1 aliphatic heterocycles. The molecule has 1 amide bonds. The van der Waals surface area contributed by atoms with Crippen molar-refractivity contribution in [3.05, 3.63) is 107 Å². The smallest absolute Gasteiger partial charge is 0.251 e. The van der Waals surface area contributed by atoms with Crippen LogP contribution in [0.2, 0.25) is 0 Å². The predicted molar refractivity (Wildman–Crippen MR) is 133 cm³/mol. The molecule has 1 aliphatic rings. The molecule has 0 saturated carbocycles. The minimum Gasteiger partial charge on any atom is -0.324 e. The highest BCUT2D eigenvalue weighted by atomic mass is 16.2. The second-order valence-electron chi connectivity index (χ2n) is 8.65. The summed E-state index contributed by atoms with van der Waals surface area (Å²) < 4.78 is 1.76. The lowest BCUT2D eigenvalue weighted by Crippen LogP contribution is -2.37. The normalized spacial score (nSPS) is 15.0. The van der Waals surface area contributed by atoms with Gasteiger partial charge in [-0.25, -0.2) is 0 Å². The maximum Gasteiger partial charge on any atom is 0.251 e. The zero-order chi connectivity index (χ0) is 23.7. The largest absolute Gasteiger partial charge is 0.324 e. The lowest BCUT2D eigenvalue weighted by Gasteiger charge is -2.32. The van der Waals surface area contributed by atoms with Crippen molar-refractivity contribution in [1.29, 1.82) is 0 Å². The Morgan fingerprint density at radius 3 is 2.41 bits per heavy atom. The fourth-order valence-electron chi connectivity index (χ4n) is 4.27. The molecular weight excluding hydrogens is 424 g/mol. The molecule has 34 heavy (non-hydrogen) atoms. The molecule has 2 heterocycles. The third-order valence-corrected chi connectivity index (χ3v) is 6.03. The maximum atomic E-state index is 13.2. The monoisotopic (exact) mass is 450 g/mol. The molecule has 7 nitrogen and oxygen atoms in total. The molecule has 4 aromatic rings. The first-order valence-electron chi connectivity index (χ1n) is 11.3. The fourth-order valence-corrected chi connectivity index (χ4v) is 4.27. The molecule has 0 bridgehead atoms. The second kappa shape index (κ2) is 8.94. The van der Waals surface area contributed by atoms with Crippen LogP contribution in [0.5, 0.6) is 0 Å². The van der Waals surface area contributed by atoms with Crippen LogP contribution in [0.25, 0.3) is 5.70 Å². The molecule has 1 N–H and O–H groups in total. The Labute approximate surface area is 198 Å². The third-order valence-electron chi connectivity index (χ3n) is 6.03. The van der Waals surface area contributed by atoms with E-state index in [1.165, 1.54) is 5.56 Å². The van der Waals surface area contributed by atoms with Crippen LogP contribution in [0.3, 0.4) is 0 Å². The van der Waals surface area contributed by atoms with Crippen LogP contribution >= 0.6 is 0 Å². The minimum atomic E-state index is -0.179. The van der Waals surface area contributed by atoms with Crippen LogP contribution in [0.1, 0.15) is 33.9 Å². The average molecular weight is 451 g/mol. The minimum absolute atomic E-state index is 0.0783. The number of hydrogen-bond acceptors (Lipinski definition) is 5. The number of nitrogens with one attached hydrogen (secondary N) is 1. The summed E-state index contributed by atoms with van der Waals surface area (Å²) in [5.41, 5.74) is 7.11. The number of benzene rings is 3. The van der Waals surface area contributed by atoms with Gasteiger partial charge in [0.05, 0.1) is 5.70 Å². The number of anilines is 2. The Balaban J connectivity index is 1.53. The van der Waals surface area contributed by atoms with Crippen molar-refractivity contribution < 1.29 is 4.79 Å². The highest BCUT2D eigenvalue weighted by molar-refractivity contribution is 5.97. The fraction of sp³-hybridized carbons (Fsp3) is 0.185. The topological polar surface area (TPSA) is 75.9 Å². The SMILES string of the molecule is Cc1ccc(C2=C[C@H](c3ccccc3)n3nnnc3N2CC(=O)Nc2ccc(C)cc2C)cc1. The van der Waals surface area contributed by atoms with Gasteiger partial charge >= 0.3 is 0 Å². The summed E-state index contributed by atoms with van der Waals surface area (Å²) in [5.74, 6) is 0.389. The highest BCUT2D eigenvalue weighted by Gasteiger charge is 2.32. The number of carbonyl (C=O) groups is 1. The first-order valence-corrected chi connectivity index (χ1v) is 11.3. The van der Waals surface area contributed by atoms with Crippen molar-refractivity contribution in [3.63, 3.8) is 0 Å². The summed E-state index contributed by atoms with van der Waals surface area (Å²) in [6.07, 6.45) is 2.12. The Kier molecular flexibility index (Phi) is 5.67. The number of rotatable bonds is 5. The van der Waals surface area contributed by atoms with Crippen LogP contribution in [0.4, 0.5) is 11.6 Å². The van der Waals surface area contributed by atoms with E-state index in [9.17, 15) is 4.79 Å². The van der Waals surface area contributed by atoms with Gasteiger partial charge in [0, 0.05) is 5.69 Å². The number of aromatic nitrogens is 4. The number of amides is 1. The molecular formula is C27H26N6O. The van der Waals surface area contributed by atoms with Crippen molar-refractivity contribution in [2.24, 2.45) is 0 Å². The number of nitrogens with zero attached hydrogens (tertiary/aromatic N) is 5. The standard InChI is InChI=1S/C27H26N6O/c1-18-9-12-22(13-10-18)24-16-25(21-7-5-4-6-8-21)33-27(29-30-31-33)32(24)17-26(34)28-23-14-11-19(2)15-20(23)3/h4-16,25H,17H2,1-3H3,(H,28,34)/t25-/m1/s1. The molecule has 0 unspecified atom stereocenters. The number of hydrogen-bond donors (Lipinski definition) is 1. The predicted octanol–water partition coefficient (Wildman–Crippen LogP) is 4.69. The van der Waals surface area contributed by atoms with Crippen molar-refractivity contribution in [2.45, 2.75) is 26.8 Å². The Morgan fingerprint density at radius 1 is 0.941 bits per heavy atom. The van der Waals surface area contributed by atoms with Gasteiger partial charge in [-0.15, -0.1) is 0 Å². The molecule has 1 atom stereocenters. The molecule has 0 saturated heterocycles. The van der Waals surface area contributed by atoms with Gasteiger partial charge in [-0.05, 0) is 60.0 Å². The quantitative estimate of drug-likeness (QED) is 0.478. The van der Waals surface area contributed by atoms with E-state index in [-0.39, 0.29) is 18.5 Å². The molecule has 0 fully saturated rings. The highest BCUT2D eigenvalue weighted by Crippen LogP contribution is 2.36. The number of fused-ring (bicyclic) bond motifs is 1. The van der Waals surface area contributed by atoms with Gasteiger partial charge in [0.2, 0.25) is 5.91 Å². The Hall–Kier alpha value is -4.26. The second-order valence-corrected chi connectivity index (χ2v) is 8.65. The van der Waals surface area contributed by atoms with Gasteiger partial charge < -0.3 is 5.32 Å². The summed E-state index contributed by atoms with van der Waals surface area (Å²) in [6.45, 7) is 6.16. The Bertz CT molecular complexity index is 1360. The van der Waals surface area contributed by atoms with E-state index in [4.69, 9.17) is 0 Å². The van der Waals surface area contributed by atoms with Crippen LogP contribution in [-0.4, -0.2) is 32.7 Å². The average Bonchev–Trinajstić information content (AvgIpc) is 3.32. The van der Waals surface area contributed by atoms with E-state index >= 15 is 0 Å². The Morgan fingerprint density at radius 2 is 1.68 bits per heavy atom. The molecule has 0 aliphatic carbocycles. The molecule has 0 spiro atoms. The number of aryl methyl sites for hydroxylation is 3. The van der Waals surface area contributed by atoms with Crippen molar-refractivity contribution >= 4 is 23.2 Å². The third kappa shape index (κ3) is 4.20. The van der Waals surface area contributed by atoms with E-state index in [1.54, 1.807) is 4.68 Å². The van der Waals surface area contributed by atoms with Gasteiger partial charge in [0.15, 0.2) is 0 Å². The molecule has 0 radical (unpaired) electrons. The zero-order valence-corrected chi connectivity index (χ0v) is 19.4. The summed E-state index contributed by atoms with van der Waals surface area (Å²) in [4.78, 5) is 15.1. The summed E-state index contributed by atoms with van der Waals surface area (Å²) >= 11 is 0. The maximum absolute atomic E-state index is 13.2. The zero-order valence-electron chi connectivity index (χ0n) is 19.4. The summed E-state index contributed by atoms with van der Waals surface area (Å²) in [6, 6.07) is 24.2. The molecule has 5 rings (SSSR count). The molecule has 170 valence electrons. The number of allylic oxidation sites excluding steroid dienone is 1. The summed E-state index contributed by atoms with van der Waals surface area (Å²) in [7, 11) is 0. The van der Waals surface area contributed by atoms with Gasteiger partial charge in [-0.3, -0.25) is 9.69 Å². The number of carbonyl (C=O) groups excluding carboxylic acids is 1. The van der Waals surface area contributed by atoms with E-state index in [2.05, 4.69) is 76.3 Å². The molecule has 3 aromatic carbocycles. The van der Waals surface area contributed by atoms with Crippen molar-refractivity contribution in [1.82, 2.24) is 20.2 Å². The summed E-state index contributed by atoms with van der Waals surface area (Å²) in [5, 5.41) is 15.6. The van der Waals surface area contributed by atoms with Gasteiger partial charge in [-0.2, -0.15) is 4.68 Å². The van der Waals surface area contributed by atoms with Crippen LogP contribution in [0.15, 0.2) is 78.9 Å². The first kappa shape index (κ1) is 21.6. The van der Waals surface area contributed by atoms with Gasteiger partial charge in [0.1, 0.15) is 12.6 Å². The van der Waals surface area contributed by atoms with Crippen LogP contribution < -0.4 is 10.2 Å². The first-order chi connectivity index (χ1) is 16.5. The molecule has 7 heteroatoms. The van der Waals surface area contributed by atoms with Gasteiger partial charge in [0.25, 0.3) is 5.95 Å². The van der Waals surface area contributed by atoms with Gasteiger partial charge in [-0.1, -0.05) is 83.0 Å². The van der Waals surface area contributed by atoms with Crippen LogP contribution in [0, 0.1) is 20.8 Å². The lowest BCUT2D eigenvalue weighted by molar-refractivity contribution is -0.114. The van der Waals surface area contributed by atoms with E-state index in [0.717, 1.165) is 33.6 Å². The van der Waals surface area contributed by atoms with Crippen LogP contribution in [-0.2, 0) is 4.79 Å². The van der Waals surface area contributed by atoms with E-state index < -0.39 is 0 Å². The van der Waals surface area contributed by atoms with E-state index in [0.29, 0.717) is 5.95 Å². The molecule has 1 aromatic heterocycles. The number of tetrazole rings is 1. The van der Waals surface area contributed by atoms with Crippen molar-refractivity contribution in [3.8, 4) is 0 Å². The lowest BCUT2D eigenvalue weighted by atomic mass is 10.00. The van der Waals surface area contributed by atoms with E-state index in [1.807, 2.05) is 49.1 Å².